The van der Waals surface area contributed by atoms with E-state index in [9.17, 15) is 13.2 Å². The maximum Gasteiger partial charge on any atom is 0.266 e. The summed E-state index contributed by atoms with van der Waals surface area (Å²) in [4.78, 5) is 17.1. The molecule has 4 rings (SSSR count). The molecule has 0 saturated carbocycles. The number of rotatable bonds is 6. The number of nitrogens with one attached hydrogen (secondary N) is 1. The predicted octanol–water partition coefficient (Wildman–Crippen LogP) is 3.80. The van der Waals surface area contributed by atoms with Gasteiger partial charge in [0.05, 0.1) is 15.1 Å². The van der Waals surface area contributed by atoms with Crippen LogP contribution < -0.4 is 10.1 Å². The lowest BCUT2D eigenvalue weighted by molar-refractivity contribution is -0.122. The Morgan fingerprint density at radius 1 is 1.17 bits per heavy atom. The lowest BCUT2D eigenvalue weighted by Gasteiger charge is -2.15. The summed E-state index contributed by atoms with van der Waals surface area (Å²) in [5.74, 6) is 0.295. The van der Waals surface area contributed by atoms with Crippen molar-refractivity contribution in [2.24, 2.45) is 0 Å². The van der Waals surface area contributed by atoms with Crippen LogP contribution in [0.1, 0.15) is 25.3 Å². The molecule has 1 saturated heterocycles. The fraction of sp³-hybridized carbons (Fsp3) is 0.333. The van der Waals surface area contributed by atoms with Crippen molar-refractivity contribution >= 4 is 42.6 Å². The fourth-order valence-corrected chi connectivity index (χ4v) is 5.80. The molecular formula is C21H23N3O4S2. The zero-order valence-corrected chi connectivity index (χ0v) is 18.4. The number of carbonyl (C=O) groups excluding carboxylic acids is 1. The Morgan fingerprint density at radius 3 is 2.57 bits per heavy atom. The number of amides is 1. The maximum absolute atomic E-state index is 12.8. The summed E-state index contributed by atoms with van der Waals surface area (Å²) in [6.45, 7) is 4.77. The Morgan fingerprint density at radius 2 is 1.87 bits per heavy atom. The number of hydrogen-bond donors (Lipinski definition) is 1. The van der Waals surface area contributed by atoms with Crippen LogP contribution >= 0.6 is 11.3 Å². The summed E-state index contributed by atoms with van der Waals surface area (Å²) < 4.78 is 33.4. The van der Waals surface area contributed by atoms with Gasteiger partial charge in [0.2, 0.25) is 10.0 Å². The summed E-state index contributed by atoms with van der Waals surface area (Å²) in [6, 6.07) is 12.4. The quantitative estimate of drug-likeness (QED) is 0.624. The van der Waals surface area contributed by atoms with Gasteiger partial charge in [-0.25, -0.2) is 13.4 Å². The topological polar surface area (TPSA) is 88.6 Å². The minimum atomic E-state index is -3.49. The number of benzene rings is 2. The Hall–Kier alpha value is -2.49. The number of carbonyl (C=O) groups is 1. The van der Waals surface area contributed by atoms with Crippen molar-refractivity contribution < 1.29 is 17.9 Å². The molecule has 1 amide bonds. The predicted molar refractivity (Wildman–Crippen MR) is 118 cm³/mol. The number of nitrogens with zero attached hydrogens (tertiary/aromatic N) is 2. The molecule has 1 N–H and O–H groups in total. The molecule has 30 heavy (non-hydrogen) atoms. The van der Waals surface area contributed by atoms with Crippen molar-refractivity contribution in [3.8, 4) is 5.75 Å². The van der Waals surface area contributed by atoms with E-state index in [2.05, 4.69) is 10.3 Å². The van der Waals surface area contributed by atoms with Crippen LogP contribution in [0.25, 0.3) is 10.2 Å². The normalized spacial score (nSPS) is 15.9. The molecule has 0 radical (unpaired) electrons. The van der Waals surface area contributed by atoms with E-state index in [4.69, 9.17) is 4.74 Å². The van der Waals surface area contributed by atoms with E-state index in [1.807, 2.05) is 31.2 Å². The molecule has 0 aliphatic carbocycles. The number of sulfonamides is 1. The average Bonchev–Trinajstić information content (AvgIpc) is 3.38. The number of fused-ring (bicyclic) bond motifs is 1. The second-order valence-electron chi connectivity index (χ2n) is 7.32. The molecule has 158 valence electrons. The van der Waals surface area contributed by atoms with E-state index < -0.39 is 16.1 Å². The van der Waals surface area contributed by atoms with Crippen LogP contribution in [-0.2, 0) is 14.8 Å². The highest BCUT2D eigenvalue weighted by atomic mass is 32.2. The van der Waals surface area contributed by atoms with E-state index in [1.165, 1.54) is 15.6 Å². The SMILES string of the molecule is Cc1ccc(OC(C)C(=O)Nc2nc3ccc(S(=O)(=O)N4CCCC4)cc3s2)cc1. The van der Waals surface area contributed by atoms with E-state index in [0.29, 0.717) is 34.2 Å². The van der Waals surface area contributed by atoms with Crippen LogP contribution in [-0.4, -0.2) is 42.8 Å². The molecular weight excluding hydrogens is 422 g/mol. The van der Waals surface area contributed by atoms with Crippen LogP contribution in [0.5, 0.6) is 5.75 Å². The van der Waals surface area contributed by atoms with Crippen LogP contribution in [0.2, 0.25) is 0 Å². The van der Waals surface area contributed by atoms with Gasteiger partial charge < -0.3 is 4.74 Å². The van der Waals surface area contributed by atoms with Gasteiger partial charge in [0.15, 0.2) is 11.2 Å². The van der Waals surface area contributed by atoms with Crippen LogP contribution in [0.15, 0.2) is 47.4 Å². The van der Waals surface area contributed by atoms with Crippen molar-refractivity contribution in [2.45, 2.75) is 37.7 Å². The highest BCUT2D eigenvalue weighted by Gasteiger charge is 2.27. The Kier molecular flexibility index (Phi) is 5.77. The molecule has 1 atom stereocenters. The summed E-state index contributed by atoms with van der Waals surface area (Å²) in [5.41, 5.74) is 1.75. The highest BCUT2D eigenvalue weighted by molar-refractivity contribution is 7.89. The third-order valence-corrected chi connectivity index (χ3v) is 7.82. The molecule has 7 nitrogen and oxygen atoms in total. The molecule has 2 aromatic carbocycles. The zero-order chi connectivity index (χ0) is 21.3. The number of aromatic nitrogens is 1. The number of thiazole rings is 1. The molecule has 1 fully saturated rings. The van der Waals surface area contributed by atoms with Crippen molar-refractivity contribution in [2.75, 3.05) is 18.4 Å². The van der Waals surface area contributed by atoms with Crippen molar-refractivity contribution in [3.63, 3.8) is 0 Å². The smallest absolute Gasteiger partial charge is 0.266 e. The van der Waals surface area contributed by atoms with E-state index in [0.717, 1.165) is 18.4 Å². The zero-order valence-electron chi connectivity index (χ0n) is 16.8. The molecule has 2 heterocycles. The van der Waals surface area contributed by atoms with Crippen molar-refractivity contribution in [1.82, 2.24) is 9.29 Å². The highest BCUT2D eigenvalue weighted by Crippen LogP contribution is 2.30. The maximum atomic E-state index is 12.8. The number of ether oxygens (including phenoxy) is 1. The lowest BCUT2D eigenvalue weighted by atomic mass is 10.2. The summed E-state index contributed by atoms with van der Waals surface area (Å²) in [6.07, 6.45) is 1.08. The first-order valence-electron chi connectivity index (χ1n) is 9.78. The van der Waals surface area contributed by atoms with E-state index in [1.54, 1.807) is 25.1 Å². The summed E-state index contributed by atoms with van der Waals surface area (Å²) in [5, 5.41) is 3.17. The van der Waals surface area contributed by atoms with E-state index in [-0.39, 0.29) is 10.8 Å². The van der Waals surface area contributed by atoms with Gasteiger partial charge in [0.1, 0.15) is 5.75 Å². The standard InChI is InChI=1S/C21H23N3O4S2/c1-14-5-7-16(8-6-14)28-15(2)20(25)23-21-22-18-10-9-17(13-19(18)29-21)30(26,27)24-11-3-4-12-24/h5-10,13,15H,3-4,11-12H2,1-2H3,(H,22,23,25). The first-order valence-corrected chi connectivity index (χ1v) is 12.0. The Labute approximate surface area is 179 Å². The molecule has 1 aromatic heterocycles. The van der Waals surface area contributed by atoms with Crippen molar-refractivity contribution in [1.29, 1.82) is 0 Å². The van der Waals surface area contributed by atoms with Crippen LogP contribution in [0.3, 0.4) is 0 Å². The molecule has 0 bridgehead atoms. The van der Waals surface area contributed by atoms with Gasteiger partial charge in [-0.1, -0.05) is 29.0 Å². The molecule has 9 heteroatoms. The van der Waals surface area contributed by atoms with Gasteiger partial charge >= 0.3 is 0 Å². The minimum Gasteiger partial charge on any atom is -0.481 e. The van der Waals surface area contributed by atoms with Gasteiger partial charge in [0, 0.05) is 13.1 Å². The van der Waals surface area contributed by atoms with Crippen molar-refractivity contribution in [3.05, 3.63) is 48.0 Å². The second-order valence-corrected chi connectivity index (χ2v) is 10.3. The fourth-order valence-electron chi connectivity index (χ4n) is 3.28. The van der Waals surface area contributed by atoms with Gasteiger partial charge in [-0.05, 0) is 57.0 Å². The molecule has 3 aromatic rings. The second kappa shape index (κ2) is 8.33. The summed E-state index contributed by atoms with van der Waals surface area (Å²) >= 11 is 1.24. The first kappa shape index (κ1) is 20.8. The van der Waals surface area contributed by atoms with Gasteiger partial charge in [0.25, 0.3) is 5.91 Å². The van der Waals surface area contributed by atoms with Crippen LogP contribution in [0, 0.1) is 6.92 Å². The largest absolute Gasteiger partial charge is 0.481 e. The minimum absolute atomic E-state index is 0.259. The van der Waals surface area contributed by atoms with Gasteiger partial charge in [-0.2, -0.15) is 4.31 Å². The number of aryl methyl sites for hydroxylation is 1. The van der Waals surface area contributed by atoms with Gasteiger partial charge in [-0.15, -0.1) is 0 Å². The Bertz CT molecular complexity index is 1170. The third-order valence-electron chi connectivity index (χ3n) is 5.00. The van der Waals surface area contributed by atoms with Crippen LogP contribution in [0.4, 0.5) is 5.13 Å². The van der Waals surface area contributed by atoms with E-state index >= 15 is 0 Å². The van der Waals surface area contributed by atoms with Gasteiger partial charge in [-0.3, -0.25) is 10.1 Å². The first-order chi connectivity index (χ1) is 14.3. The molecule has 1 aliphatic rings. The third kappa shape index (κ3) is 4.33. The lowest BCUT2D eigenvalue weighted by Crippen LogP contribution is -2.30. The molecule has 1 unspecified atom stereocenters. The summed E-state index contributed by atoms with van der Waals surface area (Å²) in [7, 11) is -3.49. The monoisotopic (exact) mass is 445 g/mol. The Balaban J connectivity index is 1.48. The number of anilines is 1. The molecule has 0 spiro atoms. The number of hydrogen-bond acceptors (Lipinski definition) is 6. The molecule has 1 aliphatic heterocycles. The average molecular weight is 446 g/mol.